The van der Waals surface area contributed by atoms with E-state index in [-0.39, 0.29) is 18.0 Å². The van der Waals surface area contributed by atoms with Gasteiger partial charge in [0.15, 0.2) is 0 Å². The summed E-state index contributed by atoms with van der Waals surface area (Å²) in [6.45, 7) is 12.4. The van der Waals surface area contributed by atoms with Gasteiger partial charge < -0.3 is 9.80 Å². The summed E-state index contributed by atoms with van der Waals surface area (Å²) in [5.74, 6) is 1.12. The Hall–Kier alpha value is -2.23. The molecule has 0 saturated carbocycles. The molecule has 1 atom stereocenters. The number of rotatable bonds is 7. The number of fused-ring (bicyclic) bond motifs is 2. The second kappa shape index (κ2) is 10.2. The van der Waals surface area contributed by atoms with E-state index in [0.29, 0.717) is 19.0 Å². The Morgan fingerprint density at radius 3 is 2.56 bits per heavy atom. The summed E-state index contributed by atoms with van der Waals surface area (Å²) in [5.41, 5.74) is 0. The quantitative estimate of drug-likeness (QED) is 0.563. The van der Waals surface area contributed by atoms with E-state index in [9.17, 15) is 9.59 Å². The van der Waals surface area contributed by atoms with Crippen molar-refractivity contribution in [2.75, 3.05) is 63.8 Å². The van der Waals surface area contributed by atoms with Gasteiger partial charge >= 0.3 is 6.03 Å². The molecule has 8 nitrogen and oxygen atoms in total. The Kier molecular flexibility index (Phi) is 7.04. The molecule has 0 aliphatic carbocycles. The highest BCUT2D eigenvalue weighted by atomic mass is 32.1. The van der Waals surface area contributed by atoms with Crippen molar-refractivity contribution >= 4 is 39.4 Å². The van der Waals surface area contributed by atoms with Crippen molar-refractivity contribution in [1.82, 2.24) is 24.0 Å². The van der Waals surface area contributed by atoms with Crippen LogP contribution in [0.15, 0.2) is 24.3 Å². The topological polar surface area (TPSA) is 63.2 Å². The smallest absolute Gasteiger partial charge is 0.327 e. The molecule has 3 fully saturated rings. The van der Waals surface area contributed by atoms with Crippen molar-refractivity contribution < 1.29 is 9.59 Å². The Bertz CT molecular complexity index is 1020. The molecule has 0 N–H and O–H groups in total. The Morgan fingerprint density at radius 1 is 1.00 bits per heavy atom. The molecule has 5 rings (SSSR count). The molecule has 3 saturated heterocycles. The molecule has 9 heteroatoms. The molecule has 1 aromatic heterocycles. The van der Waals surface area contributed by atoms with Crippen LogP contribution in [-0.2, 0) is 4.79 Å². The predicted octanol–water partition coefficient (Wildman–Crippen LogP) is 2.95. The number of carbonyl (C=O) groups excluding carboxylic acids is 2. The van der Waals surface area contributed by atoms with Gasteiger partial charge in [-0.1, -0.05) is 12.1 Å². The zero-order valence-corrected chi connectivity index (χ0v) is 21.2. The molecule has 1 aromatic carbocycles. The maximum absolute atomic E-state index is 13.0. The number of benzene rings is 1. The summed E-state index contributed by atoms with van der Waals surface area (Å²) in [5, 5.41) is 1.25. The third kappa shape index (κ3) is 4.78. The van der Waals surface area contributed by atoms with Crippen LogP contribution in [0.25, 0.3) is 10.1 Å². The molecular formula is C25H36N6O2S. The molecule has 0 unspecified atom stereocenters. The molecule has 3 aliphatic rings. The van der Waals surface area contributed by atoms with Crippen LogP contribution in [0.5, 0.6) is 0 Å². The largest absolute Gasteiger partial charge is 0.353 e. The van der Waals surface area contributed by atoms with Crippen molar-refractivity contribution in [2.24, 2.45) is 0 Å². The number of piperazine rings is 2. The lowest BCUT2D eigenvalue weighted by Gasteiger charge is -2.47. The van der Waals surface area contributed by atoms with Gasteiger partial charge in [0.2, 0.25) is 5.91 Å². The number of unbranched alkanes of at least 4 members (excludes halogenated alkanes) is 1. The summed E-state index contributed by atoms with van der Waals surface area (Å²) in [7, 11) is 0. The first-order valence-electron chi connectivity index (χ1n) is 12.7. The van der Waals surface area contributed by atoms with E-state index in [2.05, 4.69) is 52.8 Å². The van der Waals surface area contributed by atoms with Gasteiger partial charge in [-0.05, 0) is 56.9 Å². The highest BCUT2D eigenvalue weighted by Crippen LogP contribution is 2.30. The first-order chi connectivity index (χ1) is 16.5. The molecule has 34 heavy (non-hydrogen) atoms. The number of urea groups is 1. The molecule has 2 aromatic rings. The summed E-state index contributed by atoms with van der Waals surface area (Å²) >= 11 is 1.58. The number of nitrogens with zero attached hydrogens (tertiary/aromatic N) is 6. The second-order valence-electron chi connectivity index (χ2n) is 10.0. The lowest BCUT2D eigenvalue weighted by Crippen LogP contribution is -2.64. The van der Waals surface area contributed by atoms with Crippen molar-refractivity contribution in [3.8, 4) is 0 Å². The van der Waals surface area contributed by atoms with Gasteiger partial charge in [-0.15, -0.1) is 0 Å². The zero-order chi connectivity index (χ0) is 23.7. The van der Waals surface area contributed by atoms with E-state index < -0.39 is 0 Å². The molecular weight excluding hydrogens is 448 g/mol. The summed E-state index contributed by atoms with van der Waals surface area (Å²) < 4.78 is 5.95. The van der Waals surface area contributed by atoms with Crippen LogP contribution in [-0.4, -0.2) is 107 Å². The number of hydrogen-bond acceptors (Lipinski definition) is 7. The van der Waals surface area contributed by atoms with E-state index in [1.807, 2.05) is 4.90 Å². The van der Waals surface area contributed by atoms with Crippen LogP contribution in [0.4, 0.5) is 10.6 Å². The molecule has 4 heterocycles. The first kappa shape index (κ1) is 23.5. The predicted molar refractivity (Wildman–Crippen MR) is 136 cm³/mol. The minimum absolute atomic E-state index is 0.000889. The summed E-state index contributed by atoms with van der Waals surface area (Å²) in [6.07, 6.45) is 2.33. The minimum Gasteiger partial charge on any atom is -0.353 e. The maximum Gasteiger partial charge on any atom is 0.327 e. The standard InChI is InChI=1S/C25H36N6O2S/c1-19(2)29-15-16-30-20(18-29)17-23(32)31(25(30)33)10-6-5-9-27-11-13-28(14-12-27)24-21-7-3-4-8-22(21)34-26-24/h3-4,7-8,19-20H,5-6,9-18H2,1-2H3/t20-/m0/s1. The maximum atomic E-state index is 13.0. The van der Waals surface area contributed by atoms with E-state index >= 15 is 0 Å². The Balaban J connectivity index is 1.05. The first-order valence-corrected chi connectivity index (χ1v) is 13.5. The van der Waals surface area contributed by atoms with Crippen LogP contribution >= 0.6 is 11.5 Å². The normalized spacial score (nSPS) is 22.8. The molecule has 0 radical (unpaired) electrons. The SMILES string of the molecule is CC(C)N1CCN2C(=O)N(CCCCN3CCN(c4nsc5ccccc45)CC3)C(=O)C[C@H]2C1. The molecule has 3 aliphatic heterocycles. The zero-order valence-electron chi connectivity index (χ0n) is 20.4. The lowest BCUT2D eigenvalue weighted by atomic mass is 10.0. The number of amides is 3. The number of imide groups is 1. The highest BCUT2D eigenvalue weighted by Gasteiger charge is 2.41. The second-order valence-corrected chi connectivity index (χ2v) is 10.8. The van der Waals surface area contributed by atoms with Crippen LogP contribution in [0.2, 0.25) is 0 Å². The molecule has 0 spiro atoms. The van der Waals surface area contributed by atoms with Crippen LogP contribution in [0, 0.1) is 0 Å². The van der Waals surface area contributed by atoms with Gasteiger partial charge in [0.05, 0.1) is 10.7 Å². The Morgan fingerprint density at radius 2 is 1.76 bits per heavy atom. The van der Waals surface area contributed by atoms with Gasteiger partial charge in [0, 0.05) is 70.2 Å². The third-order valence-electron chi connectivity index (χ3n) is 7.57. The number of hydrogen-bond donors (Lipinski definition) is 0. The molecule has 184 valence electrons. The molecule has 3 amide bonds. The van der Waals surface area contributed by atoms with Gasteiger partial charge in [-0.3, -0.25) is 19.5 Å². The molecule has 0 bridgehead atoms. The van der Waals surface area contributed by atoms with Crippen LogP contribution in [0.1, 0.15) is 33.1 Å². The van der Waals surface area contributed by atoms with E-state index in [4.69, 9.17) is 4.37 Å². The average molecular weight is 485 g/mol. The summed E-state index contributed by atoms with van der Waals surface area (Å²) in [4.78, 5) is 36.4. The highest BCUT2D eigenvalue weighted by molar-refractivity contribution is 7.13. The van der Waals surface area contributed by atoms with Gasteiger partial charge in [-0.2, -0.15) is 4.37 Å². The van der Waals surface area contributed by atoms with E-state index in [1.54, 1.807) is 11.5 Å². The lowest BCUT2D eigenvalue weighted by molar-refractivity contribution is -0.134. The van der Waals surface area contributed by atoms with E-state index in [0.717, 1.165) is 71.0 Å². The van der Waals surface area contributed by atoms with Crippen LogP contribution < -0.4 is 4.90 Å². The average Bonchev–Trinajstić information content (AvgIpc) is 3.27. The fourth-order valence-electron chi connectivity index (χ4n) is 5.46. The van der Waals surface area contributed by atoms with Crippen molar-refractivity contribution in [3.05, 3.63) is 24.3 Å². The van der Waals surface area contributed by atoms with Crippen molar-refractivity contribution in [3.63, 3.8) is 0 Å². The fraction of sp³-hybridized carbons (Fsp3) is 0.640. The van der Waals surface area contributed by atoms with Crippen molar-refractivity contribution in [2.45, 2.75) is 45.2 Å². The number of anilines is 1. The number of aromatic nitrogens is 1. The van der Waals surface area contributed by atoms with Crippen molar-refractivity contribution in [1.29, 1.82) is 0 Å². The third-order valence-corrected chi connectivity index (χ3v) is 8.39. The van der Waals surface area contributed by atoms with Gasteiger partial charge in [-0.25, -0.2) is 4.79 Å². The monoisotopic (exact) mass is 484 g/mol. The van der Waals surface area contributed by atoms with Gasteiger partial charge in [0.25, 0.3) is 0 Å². The minimum atomic E-state index is -0.0752. The summed E-state index contributed by atoms with van der Waals surface area (Å²) in [6, 6.07) is 8.87. The number of carbonyl (C=O) groups is 2. The van der Waals surface area contributed by atoms with Gasteiger partial charge in [0.1, 0.15) is 5.82 Å². The Labute approximate surface area is 206 Å². The van der Waals surface area contributed by atoms with E-state index in [1.165, 1.54) is 15.0 Å². The fourth-order valence-corrected chi connectivity index (χ4v) is 6.25. The van der Waals surface area contributed by atoms with Crippen LogP contribution in [0.3, 0.4) is 0 Å².